The molecule has 0 bridgehead atoms. The third kappa shape index (κ3) is 5.37. The maximum absolute atomic E-state index is 12.3. The van der Waals surface area contributed by atoms with Crippen LogP contribution < -0.4 is 19.5 Å². The van der Waals surface area contributed by atoms with E-state index in [1.165, 1.54) is 28.3 Å². The van der Waals surface area contributed by atoms with E-state index in [9.17, 15) is 9.59 Å². The minimum atomic E-state index is -0.956. The Labute approximate surface area is 158 Å². The molecule has 2 aromatic rings. The van der Waals surface area contributed by atoms with E-state index >= 15 is 0 Å². The molecule has 0 unspecified atom stereocenters. The molecule has 0 aromatic heterocycles. The number of methoxy groups -OCH3 is 3. The molecular weight excluding hydrogens is 350 g/mol. The van der Waals surface area contributed by atoms with Crippen LogP contribution in [0.4, 0.5) is 5.69 Å². The number of amides is 1. The average molecular weight is 373 g/mol. The molecule has 1 atom stereocenters. The zero-order valence-corrected chi connectivity index (χ0v) is 15.8. The van der Waals surface area contributed by atoms with Crippen LogP contribution in [0.2, 0.25) is 0 Å². The summed E-state index contributed by atoms with van der Waals surface area (Å²) in [4.78, 5) is 24.4. The van der Waals surface area contributed by atoms with Crippen LogP contribution in [-0.2, 0) is 20.7 Å². The Morgan fingerprint density at radius 1 is 0.926 bits per heavy atom. The summed E-state index contributed by atoms with van der Waals surface area (Å²) in [6.45, 7) is 1.51. The van der Waals surface area contributed by atoms with Gasteiger partial charge in [0.2, 0.25) is 0 Å². The summed E-state index contributed by atoms with van der Waals surface area (Å²) >= 11 is 0. The van der Waals surface area contributed by atoms with Crippen molar-refractivity contribution in [3.05, 3.63) is 48.0 Å². The van der Waals surface area contributed by atoms with E-state index in [4.69, 9.17) is 18.9 Å². The number of benzene rings is 2. The molecule has 144 valence electrons. The highest BCUT2D eigenvalue weighted by Crippen LogP contribution is 2.28. The van der Waals surface area contributed by atoms with Crippen LogP contribution in [0.25, 0.3) is 0 Å². The second-order valence-electron chi connectivity index (χ2n) is 5.69. The van der Waals surface area contributed by atoms with Crippen LogP contribution in [-0.4, -0.2) is 39.3 Å². The second kappa shape index (κ2) is 9.47. The van der Waals surface area contributed by atoms with E-state index in [0.717, 1.165) is 0 Å². The summed E-state index contributed by atoms with van der Waals surface area (Å²) in [5.74, 6) is 0.642. The molecule has 2 aromatic carbocycles. The molecule has 0 aliphatic carbocycles. The van der Waals surface area contributed by atoms with Gasteiger partial charge in [-0.2, -0.15) is 0 Å². The van der Waals surface area contributed by atoms with Gasteiger partial charge in [-0.1, -0.05) is 18.2 Å². The molecule has 7 heteroatoms. The third-order valence-corrected chi connectivity index (χ3v) is 3.84. The molecule has 27 heavy (non-hydrogen) atoms. The van der Waals surface area contributed by atoms with Crippen molar-refractivity contribution in [2.24, 2.45) is 0 Å². The Morgan fingerprint density at radius 2 is 1.59 bits per heavy atom. The highest BCUT2D eigenvalue weighted by Gasteiger charge is 2.19. The zero-order chi connectivity index (χ0) is 19.8. The lowest BCUT2D eigenvalue weighted by Gasteiger charge is -2.15. The van der Waals surface area contributed by atoms with Gasteiger partial charge in [0, 0.05) is 0 Å². The van der Waals surface area contributed by atoms with Gasteiger partial charge in [0.15, 0.2) is 17.6 Å². The molecule has 0 aliphatic rings. The zero-order valence-electron chi connectivity index (χ0n) is 15.8. The van der Waals surface area contributed by atoms with Crippen molar-refractivity contribution >= 4 is 17.6 Å². The number of anilines is 1. The van der Waals surface area contributed by atoms with E-state index in [-0.39, 0.29) is 6.42 Å². The maximum atomic E-state index is 12.3. The maximum Gasteiger partial charge on any atom is 0.311 e. The molecule has 0 aliphatic heterocycles. The standard InChI is InChI=1S/C20H23NO6/c1-13(20(23)21-15-7-5-6-8-16(15)24-2)27-19(22)12-14-9-10-17(25-3)18(11-14)26-4/h5-11,13H,12H2,1-4H3,(H,21,23)/t13-/m0/s1. The fourth-order valence-corrected chi connectivity index (χ4v) is 2.43. The van der Waals surface area contributed by atoms with Gasteiger partial charge >= 0.3 is 5.97 Å². The molecule has 0 heterocycles. The molecule has 0 saturated heterocycles. The summed E-state index contributed by atoms with van der Waals surface area (Å²) < 4.78 is 20.8. The number of carbonyl (C=O) groups is 2. The van der Waals surface area contributed by atoms with Gasteiger partial charge in [-0.3, -0.25) is 9.59 Å². The molecule has 0 spiro atoms. The first-order valence-corrected chi connectivity index (χ1v) is 8.32. The van der Waals surface area contributed by atoms with Gasteiger partial charge in [0.1, 0.15) is 5.75 Å². The van der Waals surface area contributed by atoms with Crippen molar-refractivity contribution < 1.29 is 28.5 Å². The third-order valence-electron chi connectivity index (χ3n) is 3.84. The van der Waals surface area contributed by atoms with E-state index < -0.39 is 18.0 Å². The molecule has 0 fully saturated rings. The smallest absolute Gasteiger partial charge is 0.311 e. The number of hydrogen-bond acceptors (Lipinski definition) is 6. The largest absolute Gasteiger partial charge is 0.495 e. The number of esters is 1. The van der Waals surface area contributed by atoms with Gasteiger partial charge in [-0.25, -0.2) is 0 Å². The van der Waals surface area contributed by atoms with E-state index in [2.05, 4.69) is 5.32 Å². The van der Waals surface area contributed by atoms with Gasteiger partial charge in [0.05, 0.1) is 33.4 Å². The topological polar surface area (TPSA) is 83.1 Å². The summed E-state index contributed by atoms with van der Waals surface area (Å²) in [6, 6.07) is 12.1. The van der Waals surface area contributed by atoms with Crippen molar-refractivity contribution in [1.29, 1.82) is 0 Å². The minimum Gasteiger partial charge on any atom is -0.495 e. The molecular formula is C20H23NO6. The lowest BCUT2D eigenvalue weighted by molar-refractivity contribution is -0.152. The van der Waals surface area contributed by atoms with E-state index in [1.54, 1.807) is 42.5 Å². The summed E-state index contributed by atoms with van der Waals surface area (Å²) in [6.07, 6.45) is -0.949. The molecule has 2 rings (SSSR count). The quantitative estimate of drug-likeness (QED) is 0.717. The van der Waals surface area contributed by atoms with Crippen LogP contribution in [0.5, 0.6) is 17.2 Å². The van der Waals surface area contributed by atoms with Gasteiger partial charge in [-0.15, -0.1) is 0 Å². The fraction of sp³-hybridized carbons (Fsp3) is 0.300. The monoisotopic (exact) mass is 373 g/mol. The molecule has 0 saturated carbocycles. The average Bonchev–Trinajstić information content (AvgIpc) is 2.68. The van der Waals surface area contributed by atoms with Crippen LogP contribution in [0.3, 0.4) is 0 Å². The Morgan fingerprint density at radius 3 is 2.26 bits per heavy atom. The predicted octanol–water partition coefficient (Wildman–Crippen LogP) is 2.83. The van der Waals surface area contributed by atoms with Gasteiger partial charge in [0.25, 0.3) is 5.91 Å². The molecule has 1 N–H and O–H groups in total. The van der Waals surface area contributed by atoms with Crippen LogP contribution >= 0.6 is 0 Å². The second-order valence-corrected chi connectivity index (χ2v) is 5.69. The predicted molar refractivity (Wildman–Crippen MR) is 100 cm³/mol. The van der Waals surface area contributed by atoms with Crippen LogP contribution in [0.15, 0.2) is 42.5 Å². The first kappa shape index (κ1) is 20.1. The first-order valence-electron chi connectivity index (χ1n) is 8.32. The highest BCUT2D eigenvalue weighted by molar-refractivity contribution is 5.96. The Bertz CT molecular complexity index is 805. The molecule has 1 amide bonds. The van der Waals surface area contributed by atoms with Crippen molar-refractivity contribution in [2.75, 3.05) is 26.6 Å². The number of rotatable bonds is 8. The van der Waals surface area contributed by atoms with Crippen LogP contribution in [0.1, 0.15) is 12.5 Å². The van der Waals surface area contributed by atoms with Crippen molar-refractivity contribution in [3.8, 4) is 17.2 Å². The summed E-state index contributed by atoms with van der Waals surface area (Å²) in [7, 11) is 4.57. The Hall–Kier alpha value is -3.22. The highest BCUT2D eigenvalue weighted by atomic mass is 16.5. The Balaban J connectivity index is 1.95. The van der Waals surface area contributed by atoms with Crippen molar-refractivity contribution in [1.82, 2.24) is 0 Å². The SMILES string of the molecule is COc1ccccc1NC(=O)[C@H](C)OC(=O)Cc1ccc(OC)c(OC)c1. The van der Waals surface area contributed by atoms with Crippen molar-refractivity contribution in [3.63, 3.8) is 0 Å². The van der Waals surface area contributed by atoms with Gasteiger partial charge < -0.3 is 24.3 Å². The summed E-state index contributed by atoms with van der Waals surface area (Å²) in [5.41, 5.74) is 1.20. The number of ether oxygens (including phenoxy) is 4. The first-order chi connectivity index (χ1) is 13.0. The number of carbonyl (C=O) groups excluding carboxylic acids is 2. The summed E-state index contributed by atoms with van der Waals surface area (Å²) in [5, 5.41) is 2.69. The minimum absolute atomic E-state index is 0.00658. The lowest BCUT2D eigenvalue weighted by atomic mass is 10.1. The Kier molecular flexibility index (Phi) is 7.05. The van der Waals surface area contributed by atoms with Crippen molar-refractivity contribution in [2.45, 2.75) is 19.4 Å². The number of hydrogen-bond donors (Lipinski definition) is 1. The lowest BCUT2D eigenvalue weighted by Crippen LogP contribution is -2.30. The number of nitrogens with one attached hydrogen (secondary N) is 1. The molecule has 7 nitrogen and oxygen atoms in total. The van der Waals surface area contributed by atoms with Gasteiger partial charge in [-0.05, 0) is 36.8 Å². The molecule has 0 radical (unpaired) electrons. The number of para-hydroxylation sites is 2. The van der Waals surface area contributed by atoms with Crippen LogP contribution in [0, 0.1) is 0 Å². The fourth-order valence-electron chi connectivity index (χ4n) is 2.43. The van der Waals surface area contributed by atoms with E-state index in [0.29, 0.717) is 28.5 Å². The normalized spacial score (nSPS) is 11.3. The van der Waals surface area contributed by atoms with E-state index in [1.807, 2.05) is 0 Å².